The smallest absolute Gasteiger partial charge is 0.315 e. The standard InChI is InChI=1S/C32H37NO7/c1-18-28(32(35)40-21-9-6-7-10-21)29(22-11-8-12-26(37-3)31(22)39-5)30-23(33-18)15-20(16-24(30)34)19-13-14-25(36-2)27(17-19)38-4/h8,11-14,17,20-21,28-29H,6-7,9-10,15-16H2,1-5H3/t20-,28?,29+/m1/s1. The van der Waals surface area contributed by atoms with Crippen LogP contribution in [0.4, 0.5) is 0 Å². The first-order valence-corrected chi connectivity index (χ1v) is 13.8. The van der Waals surface area contributed by atoms with Crippen LogP contribution in [0.1, 0.15) is 68.4 Å². The van der Waals surface area contributed by atoms with Crippen LogP contribution in [-0.4, -0.2) is 52.0 Å². The normalized spacial score (nSPS) is 22.9. The van der Waals surface area contributed by atoms with Crippen molar-refractivity contribution in [2.45, 2.75) is 63.4 Å². The first kappa shape index (κ1) is 27.7. The molecular weight excluding hydrogens is 510 g/mol. The Bertz CT molecular complexity index is 1360. The Balaban J connectivity index is 1.59. The molecule has 1 unspecified atom stereocenters. The van der Waals surface area contributed by atoms with Crippen LogP contribution in [0.25, 0.3) is 0 Å². The number of ether oxygens (including phenoxy) is 5. The number of allylic oxidation sites excluding steroid dienone is 2. The highest BCUT2D eigenvalue weighted by Gasteiger charge is 2.46. The number of ketones is 1. The van der Waals surface area contributed by atoms with Crippen molar-refractivity contribution in [2.24, 2.45) is 10.9 Å². The number of benzene rings is 2. The molecular formula is C32H37NO7. The van der Waals surface area contributed by atoms with E-state index in [1.54, 1.807) is 28.4 Å². The molecule has 0 amide bonds. The summed E-state index contributed by atoms with van der Waals surface area (Å²) in [5.41, 5.74) is 3.59. The second kappa shape index (κ2) is 11.7. The van der Waals surface area contributed by atoms with Gasteiger partial charge in [0.05, 0.1) is 28.4 Å². The molecule has 0 saturated heterocycles. The lowest BCUT2D eigenvalue weighted by Crippen LogP contribution is -2.39. The first-order chi connectivity index (χ1) is 19.4. The minimum Gasteiger partial charge on any atom is -0.493 e. The Morgan fingerprint density at radius 3 is 2.27 bits per heavy atom. The van der Waals surface area contributed by atoms with E-state index in [4.69, 9.17) is 28.7 Å². The van der Waals surface area contributed by atoms with E-state index in [9.17, 15) is 9.59 Å². The quantitative estimate of drug-likeness (QED) is 0.387. The Morgan fingerprint density at radius 2 is 1.60 bits per heavy atom. The van der Waals surface area contributed by atoms with Gasteiger partial charge in [-0.2, -0.15) is 0 Å². The molecule has 2 aromatic carbocycles. The number of esters is 1. The molecule has 3 atom stereocenters. The predicted molar refractivity (Wildman–Crippen MR) is 151 cm³/mol. The van der Waals surface area contributed by atoms with Crippen molar-refractivity contribution in [2.75, 3.05) is 28.4 Å². The van der Waals surface area contributed by atoms with Gasteiger partial charge in [0.25, 0.3) is 0 Å². The van der Waals surface area contributed by atoms with Crippen LogP contribution in [0, 0.1) is 5.92 Å². The summed E-state index contributed by atoms with van der Waals surface area (Å²) in [6.07, 6.45) is 4.57. The Morgan fingerprint density at radius 1 is 0.875 bits per heavy atom. The third-order valence-corrected chi connectivity index (χ3v) is 8.38. The molecule has 40 heavy (non-hydrogen) atoms. The zero-order chi connectivity index (χ0) is 28.4. The van der Waals surface area contributed by atoms with Gasteiger partial charge < -0.3 is 23.7 Å². The van der Waals surface area contributed by atoms with Gasteiger partial charge in [-0.15, -0.1) is 0 Å². The number of nitrogens with zero attached hydrogens (tertiary/aromatic N) is 1. The van der Waals surface area contributed by atoms with E-state index in [0.29, 0.717) is 46.4 Å². The number of hydrogen-bond donors (Lipinski definition) is 0. The molecule has 0 bridgehead atoms. The summed E-state index contributed by atoms with van der Waals surface area (Å²) in [4.78, 5) is 32.7. The molecule has 1 saturated carbocycles. The van der Waals surface area contributed by atoms with Crippen molar-refractivity contribution < 1.29 is 33.3 Å². The van der Waals surface area contributed by atoms with Gasteiger partial charge in [-0.3, -0.25) is 14.6 Å². The van der Waals surface area contributed by atoms with Gasteiger partial charge in [0.15, 0.2) is 28.8 Å². The van der Waals surface area contributed by atoms with E-state index in [2.05, 4.69) is 0 Å². The fraction of sp³-hybridized carbons (Fsp3) is 0.469. The largest absolute Gasteiger partial charge is 0.493 e. The summed E-state index contributed by atoms with van der Waals surface area (Å²) in [7, 11) is 6.34. The van der Waals surface area contributed by atoms with Crippen molar-refractivity contribution in [1.82, 2.24) is 0 Å². The maximum Gasteiger partial charge on any atom is 0.315 e. The maximum atomic E-state index is 14.0. The van der Waals surface area contributed by atoms with Crippen LogP contribution in [-0.2, 0) is 14.3 Å². The van der Waals surface area contributed by atoms with E-state index in [1.807, 2.05) is 43.3 Å². The Hall–Kier alpha value is -3.81. The molecule has 5 rings (SSSR count). The van der Waals surface area contributed by atoms with Crippen LogP contribution in [0.2, 0.25) is 0 Å². The molecule has 0 aromatic heterocycles. The summed E-state index contributed by atoms with van der Waals surface area (Å²) >= 11 is 0. The van der Waals surface area contributed by atoms with Crippen molar-refractivity contribution in [1.29, 1.82) is 0 Å². The maximum absolute atomic E-state index is 14.0. The molecule has 8 nitrogen and oxygen atoms in total. The molecule has 8 heteroatoms. The van der Waals surface area contributed by atoms with Crippen molar-refractivity contribution >= 4 is 17.5 Å². The Kier molecular flexibility index (Phi) is 8.14. The van der Waals surface area contributed by atoms with E-state index in [-0.39, 0.29) is 30.2 Å². The predicted octanol–water partition coefficient (Wildman–Crippen LogP) is 5.78. The zero-order valence-corrected chi connectivity index (χ0v) is 23.8. The van der Waals surface area contributed by atoms with Crippen LogP contribution >= 0.6 is 0 Å². The van der Waals surface area contributed by atoms with Gasteiger partial charge in [0.1, 0.15) is 12.0 Å². The van der Waals surface area contributed by atoms with Crippen molar-refractivity contribution in [3.63, 3.8) is 0 Å². The summed E-state index contributed by atoms with van der Waals surface area (Å²) in [5.74, 6) is 0.500. The van der Waals surface area contributed by atoms with Crippen molar-refractivity contribution in [3.8, 4) is 23.0 Å². The first-order valence-electron chi connectivity index (χ1n) is 13.8. The zero-order valence-electron chi connectivity index (χ0n) is 23.8. The van der Waals surface area contributed by atoms with Crippen LogP contribution < -0.4 is 18.9 Å². The van der Waals surface area contributed by atoms with Crippen molar-refractivity contribution in [3.05, 3.63) is 58.8 Å². The lowest BCUT2D eigenvalue weighted by atomic mass is 9.69. The highest BCUT2D eigenvalue weighted by molar-refractivity contribution is 6.09. The number of carbonyl (C=O) groups excluding carboxylic acids is 2. The molecule has 3 aliphatic rings. The number of rotatable bonds is 8. The van der Waals surface area contributed by atoms with Gasteiger partial charge in [0.2, 0.25) is 0 Å². The molecule has 2 aromatic rings. The second-order valence-corrected chi connectivity index (χ2v) is 10.6. The summed E-state index contributed by atoms with van der Waals surface area (Å²) in [6.45, 7) is 1.86. The topological polar surface area (TPSA) is 92.7 Å². The molecule has 1 fully saturated rings. The van der Waals surface area contributed by atoms with Gasteiger partial charge in [-0.05, 0) is 68.7 Å². The lowest BCUT2D eigenvalue weighted by molar-refractivity contribution is -0.151. The molecule has 0 radical (unpaired) electrons. The molecule has 1 heterocycles. The minimum atomic E-state index is -0.734. The van der Waals surface area contributed by atoms with Gasteiger partial charge in [0, 0.05) is 34.9 Å². The van der Waals surface area contributed by atoms with Gasteiger partial charge in [-0.25, -0.2) is 0 Å². The Labute approximate surface area is 235 Å². The fourth-order valence-electron chi connectivity index (χ4n) is 6.44. The van der Waals surface area contributed by atoms with Crippen LogP contribution in [0.15, 0.2) is 52.7 Å². The van der Waals surface area contributed by atoms with E-state index in [0.717, 1.165) is 36.8 Å². The molecule has 212 valence electrons. The third-order valence-electron chi connectivity index (χ3n) is 8.38. The number of Topliss-reactive ketones (excluding diaryl/α,β-unsaturated/α-hetero) is 1. The van der Waals surface area contributed by atoms with Gasteiger partial charge in [-0.1, -0.05) is 18.2 Å². The molecule has 0 N–H and O–H groups in total. The number of aliphatic imine (C=N–C) groups is 1. The van der Waals surface area contributed by atoms with Crippen LogP contribution in [0.3, 0.4) is 0 Å². The number of carbonyl (C=O) groups is 2. The fourth-order valence-corrected chi connectivity index (χ4v) is 6.44. The van der Waals surface area contributed by atoms with Crippen LogP contribution in [0.5, 0.6) is 23.0 Å². The molecule has 2 aliphatic carbocycles. The molecule has 0 spiro atoms. The third kappa shape index (κ3) is 5.07. The average Bonchev–Trinajstić information content (AvgIpc) is 3.48. The van der Waals surface area contributed by atoms with Gasteiger partial charge >= 0.3 is 5.97 Å². The van der Waals surface area contributed by atoms with E-state index >= 15 is 0 Å². The average molecular weight is 548 g/mol. The minimum absolute atomic E-state index is 0.0363. The monoisotopic (exact) mass is 547 g/mol. The molecule has 1 aliphatic heterocycles. The van der Waals surface area contributed by atoms with E-state index < -0.39 is 11.8 Å². The highest BCUT2D eigenvalue weighted by atomic mass is 16.5. The summed E-state index contributed by atoms with van der Waals surface area (Å²) in [6, 6.07) is 11.3. The van der Waals surface area contributed by atoms with E-state index in [1.165, 1.54) is 0 Å². The number of hydrogen-bond acceptors (Lipinski definition) is 8. The summed E-state index contributed by atoms with van der Waals surface area (Å²) in [5, 5.41) is 0. The summed E-state index contributed by atoms with van der Waals surface area (Å²) < 4.78 is 28.3. The SMILES string of the molecule is COc1ccc([C@H]2CC(=O)C3=C(C2)N=C(C)C(C(=O)OC2CCCC2)[C@@H]3c2cccc(OC)c2OC)cc1OC. The lowest BCUT2D eigenvalue weighted by Gasteiger charge is -2.37. The number of methoxy groups -OCH3 is 4. The number of para-hydroxylation sites is 1. The second-order valence-electron chi connectivity index (χ2n) is 10.6. The highest BCUT2D eigenvalue weighted by Crippen LogP contribution is 2.50.